The Morgan fingerprint density at radius 1 is 0.950 bits per heavy atom. The quantitative estimate of drug-likeness (QED) is 0.853. The van der Waals surface area contributed by atoms with Gasteiger partial charge in [0.1, 0.15) is 0 Å². The maximum Gasteiger partial charge on any atom is 0.000419 e. The van der Waals surface area contributed by atoms with E-state index in [9.17, 15) is 0 Å². The Bertz CT molecular complexity index is 540. The lowest BCUT2D eigenvalue weighted by molar-refractivity contribution is 0.689. The number of hydrogen-bond donors (Lipinski definition) is 1. The minimum absolute atomic E-state index is 0.404. The van der Waals surface area contributed by atoms with Crippen LogP contribution >= 0.6 is 0 Å². The highest BCUT2D eigenvalue weighted by Gasteiger charge is 2.12. The molecule has 0 aliphatic heterocycles. The Morgan fingerprint density at radius 3 is 2.15 bits per heavy atom. The van der Waals surface area contributed by atoms with Crippen LogP contribution in [-0.2, 0) is 6.42 Å². The van der Waals surface area contributed by atoms with E-state index in [4.69, 9.17) is 5.73 Å². The van der Waals surface area contributed by atoms with Gasteiger partial charge < -0.3 is 5.73 Å². The summed E-state index contributed by atoms with van der Waals surface area (Å²) in [6.45, 7) is 7.31. The zero-order valence-corrected chi connectivity index (χ0v) is 12.8. The molecule has 2 aromatic rings. The molecule has 106 valence electrons. The van der Waals surface area contributed by atoms with Crippen molar-refractivity contribution in [3.05, 3.63) is 70.8 Å². The molecule has 0 aliphatic rings. The number of aryl methyl sites for hydroxylation is 1. The maximum atomic E-state index is 6.00. The van der Waals surface area contributed by atoms with Crippen molar-refractivity contribution >= 4 is 0 Å². The molecule has 1 unspecified atom stereocenters. The lowest BCUT2D eigenvalue weighted by Crippen LogP contribution is -2.16. The molecular formula is C19H25N. The Balaban J connectivity index is 2.16. The highest BCUT2D eigenvalue weighted by Crippen LogP contribution is 2.24. The highest BCUT2D eigenvalue weighted by molar-refractivity contribution is 5.32. The summed E-state index contributed by atoms with van der Waals surface area (Å²) in [7, 11) is 0. The summed E-state index contributed by atoms with van der Waals surface area (Å²) in [4.78, 5) is 0. The van der Waals surface area contributed by atoms with Gasteiger partial charge in [0.05, 0.1) is 0 Å². The first-order valence-corrected chi connectivity index (χ1v) is 7.46. The Labute approximate surface area is 122 Å². The standard InChI is InChI=1S/C19H25N/c1-14(2)17-10-8-16(9-11-17)12-18(13-20)19-7-5-4-6-15(19)3/h4-11,14,18H,12-13,20H2,1-3H3. The largest absolute Gasteiger partial charge is 0.330 e. The van der Waals surface area contributed by atoms with E-state index in [2.05, 4.69) is 69.3 Å². The number of nitrogens with two attached hydrogens (primary N) is 1. The van der Waals surface area contributed by atoms with Crippen LogP contribution in [0.15, 0.2) is 48.5 Å². The SMILES string of the molecule is Cc1ccccc1C(CN)Cc1ccc(C(C)C)cc1. The normalized spacial score (nSPS) is 12.7. The predicted octanol–water partition coefficient (Wildman–Crippen LogP) is 4.40. The highest BCUT2D eigenvalue weighted by atomic mass is 14.5. The minimum Gasteiger partial charge on any atom is -0.330 e. The van der Waals surface area contributed by atoms with Crippen LogP contribution in [0.1, 0.15) is 47.9 Å². The summed E-state index contributed by atoms with van der Waals surface area (Å²) < 4.78 is 0. The number of rotatable bonds is 5. The van der Waals surface area contributed by atoms with Crippen molar-refractivity contribution < 1.29 is 0 Å². The van der Waals surface area contributed by atoms with E-state index in [0.717, 1.165) is 6.42 Å². The fourth-order valence-electron chi connectivity index (χ4n) is 2.69. The van der Waals surface area contributed by atoms with Crippen molar-refractivity contribution in [2.45, 2.75) is 39.0 Å². The van der Waals surface area contributed by atoms with Crippen molar-refractivity contribution in [1.82, 2.24) is 0 Å². The molecule has 1 atom stereocenters. The van der Waals surface area contributed by atoms with Crippen LogP contribution in [0.3, 0.4) is 0 Å². The van der Waals surface area contributed by atoms with E-state index in [0.29, 0.717) is 18.4 Å². The van der Waals surface area contributed by atoms with E-state index in [-0.39, 0.29) is 0 Å². The summed E-state index contributed by atoms with van der Waals surface area (Å²) in [5, 5.41) is 0. The fraction of sp³-hybridized carbons (Fsp3) is 0.368. The molecule has 0 saturated heterocycles. The fourth-order valence-corrected chi connectivity index (χ4v) is 2.69. The van der Waals surface area contributed by atoms with Crippen LogP contribution in [-0.4, -0.2) is 6.54 Å². The van der Waals surface area contributed by atoms with Gasteiger partial charge >= 0.3 is 0 Å². The van der Waals surface area contributed by atoms with Gasteiger partial charge in [-0.25, -0.2) is 0 Å². The molecule has 0 fully saturated rings. The van der Waals surface area contributed by atoms with Crippen molar-refractivity contribution in [1.29, 1.82) is 0 Å². The van der Waals surface area contributed by atoms with Gasteiger partial charge in [0.15, 0.2) is 0 Å². The van der Waals surface area contributed by atoms with E-state index in [1.165, 1.54) is 22.3 Å². The molecule has 1 heteroatoms. The lowest BCUT2D eigenvalue weighted by atomic mass is 9.88. The first-order valence-electron chi connectivity index (χ1n) is 7.46. The average molecular weight is 267 g/mol. The smallest absolute Gasteiger partial charge is 0.000419 e. The molecule has 2 aromatic carbocycles. The van der Waals surface area contributed by atoms with Crippen LogP contribution < -0.4 is 5.73 Å². The minimum atomic E-state index is 0.404. The van der Waals surface area contributed by atoms with Gasteiger partial charge in [-0.05, 0) is 48.1 Å². The van der Waals surface area contributed by atoms with Crippen molar-refractivity contribution in [2.24, 2.45) is 5.73 Å². The molecule has 0 radical (unpaired) electrons. The second-order valence-electron chi connectivity index (χ2n) is 5.89. The van der Waals surface area contributed by atoms with Gasteiger partial charge in [0.2, 0.25) is 0 Å². The molecule has 0 heterocycles. The molecule has 20 heavy (non-hydrogen) atoms. The molecule has 0 saturated carbocycles. The number of hydrogen-bond acceptors (Lipinski definition) is 1. The van der Waals surface area contributed by atoms with E-state index in [1.54, 1.807) is 0 Å². The second kappa shape index (κ2) is 6.71. The topological polar surface area (TPSA) is 26.0 Å². The monoisotopic (exact) mass is 267 g/mol. The van der Waals surface area contributed by atoms with E-state index < -0.39 is 0 Å². The van der Waals surface area contributed by atoms with Crippen LogP contribution in [0.2, 0.25) is 0 Å². The van der Waals surface area contributed by atoms with E-state index >= 15 is 0 Å². The summed E-state index contributed by atoms with van der Waals surface area (Å²) in [6, 6.07) is 17.5. The van der Waals surface area contributed by atoms with Gasteiger partial charge in [-0.2, -0.15) is 0 Å². The van der Waals surface area contributed by atoms with Gasteiger partial charge in [0.25, 0.3) is 0 Å². The average Bonchev–Trinajstić information content (AvgIpc) is 2.46. The molecule has 2 N–H and O–H groups in total. The van der Waals surface area contributed by atoms with Crippen molar-refractivity contribution in [3.63, 3.8) is 0 Å². The first kappa shape index (κ1) is 14.8. The summed E-state index contributed by atoms with van der Waals surface area (Å²) in [6.07, 6.45) is 1.01. The van der Waals surface area contributed by atoms with Crippen LogP contribution in [0.4, 0.5) is 0 Å². The van der Waals surface area contributed by atoms with Crippen LogP contribution in [0, 0.1) is 6.92 Å². The molecule has 0 spiro atoms. The molecule has 0 aromatic heterocycles. The third kappa shape index (κ3) is 3.49. The van der Waals surface area contributed by atoms with Crippen molar-refractivity contribution in [3.8, 4) is 0 Å². The van der Waals surface area contributed by atoms with Crippen molar-refractivity contribution in [2.75, 3.05) is 6.54 Å². The van der Waals surface area contributed by atoms with Gasteiger partial charge in [-0.15, -0.1) is 0 Å². The van der Waals surface area contributed by atoms with Gasteiger partial charge in [0, 0.05) is 5.92 Å². The maximum absolute atomic E-state index is 6.00. The summed E-state index contributed by atoms with van der Waals surface area (Å²) >= 11 is 0. The molecule has 0 aliphatic carbocycles. The third-order valence-corrected chi connectivity index (χ3v) is 4.04. The summed E-state index contributed by atoms with van der Waals surface area (Å²) in [5.41, 5.74) is 11.5. The zero-order chi connectivity index (χ0) is 14.5. The van der Waals surface area contributed by atoms with E-state index in [1.807, 2.05) is 0 Å². The molecule has 0 amide bonds. The third-order valence-electron chi connectivity index (χ3n) is 4.04. The first-order chi connectivity index (χ1) is 9.61. The van der Waals surface area contributed by atoms with Crippen LogP contribution in [0.5, 0.6) is 0 Å². The predicted molar refractivity (Wildman–Crippen MR) is 87.2 cm³/mol. The molecule has 2 rings (SSSR count). The second-order valence-corrected chi connectivity index (χ2v) is 5.89. The van der Waals surface area contributed by atoms with Gasteiger partial charge in [-0.1, -0.05) is 62.4 Å². The van der Waals surface area contributed by atoms with Gasteiger partial charge in [-0.3, -0.25) is 0 Å². The number of benzene rings is 2. The Hall–Kier alpha value is -1.60. The summed E-state index contributed by atoms with van der Waals surface area (Å²) in [5.74, 6) is 0.992. The Kier molecular flexibility index (Phi) is 4.97. The molecule has 0 bridgehead atoms. The zero-order valence-electron chi connectivity index (χ0n) is 12.8. The Morgan fingerprint density at radius 2 is 1.60 bits per heavy atom. The van der Waals surface area contributed by atoms with Crippen LogP contribution in [0.25, 0.3) is 0 Å². The molecule has 1 nitrogen and oxygen atoms in total. The molecular weight excluding hydrogens is 242 g/mol. The lowest BCUT2D eigenvalue weighted by Gasteiger charge is -2.18.